The van der Waals surface area contributed by atoms with E-state index in [1.165, 1.54) is 0 Å². The smallest absolute Gasteiger partial charge is 0.259 e. The lowest BCUT2D eigenvalue weighted by Gasteiger charge is -2.23. The first-order valence-electron chi connectivity index (χ1n) is 9.28. The van der Waals surface area contributed by atoms with E-state index in [0.29, 0.717) is 10.9 Å². The van der Waals surface area contributed by atoms with Crippen molar-refractivity contribution >= 4 is 21.8 Å². The van der Waals surface area contributed by atoms with E-state index >= 15 is 0 Å². The predicted molar refractivity (Wildman–Crippen MR) is 105 cm³/mol. The molecular formula is C21H20N4O2. The Balaban J connectivity index is 1.70. The molecule has 1 fully saturated rings. The number of aromatic nitrogens is 4. The monoisotopic (exact) mass is 360 g/mol. The van der Waals surface area contributed by atoms with Crippen LogP contribution in [0.25, 0.3) is 33.2 Å². The predicted octanol–water partition coefficient (Wildman–Crippen LogP) is 3.65. The van der Waals surface area contributed by atoms with Gasteiger partial charge in [0.05, 0.1) is 22.1 Å². The number of hydrogen-bond donors (Lipinski definition) is 0. The summed E-state index contributed by atoms with van der Waals surface area (Å²) in [4.78, 5) is 17.0. The minimum atomic E-state index is -0.0439. The van der Waals surface area contributed by atoms with Gasteiger partial charge in [-0.3, -0.25) is 4.79 Å². The molecule has 3 aromatic heterocycles. The van der Waals surface area contributed by atoms with Crippen LogP contribution < -0.4 is 5.56 Å². The maximum absolute atomic E-state index is 12.3. The molecule has 27 heavy (non-hydrogen) atoms. The van der Waals surface area contributed by atoms with Crippen molar-refractivity contribution in [2.24, 2.45) is 7.05 Å². The van der Waals surface area contributed by atoms with Crippen molar-refractivity contribution in [3.8, 4) is 11.4 Å². The molecule has 0 N–H and O–H groups in total. The third-order valence-corrected chi connectivity index (χ3v) is 5.22. The molecule has 6 nitrogen and oxygen atoms in total. The van der Waals surface area contributed by atoms with Gasteiger partial charge < -0.3 is 9.30 Å². The van der Waals surface area contributed by atoms with Gasteiger partial charge in [0.2, 0.25) is 0 Å². The van der Waals surface area contributed by atoms with E-state index in [4.69, 9.17) is 14.8 Å². The van der Waals surface area contributed by atoms with Crippen molar-refractivity contribution < 1.29 is 4.74 Å². The molecule has 0 spiro atoms. The highest BCUT2D eigenvalue weighted by atomic mass is 16.5. The number of rotatable bonds is 2. The summed E-state index contributed by atoms with van der Waals surface area (Å²) in [5.74, 6) is 0. The van der Waals surface area contributed by atoms with Gasteiger partial charge >= 0.3 is 0 Å². The van der Waals surface area contributed by atoms with E-state index in [2.05, 4.69) is 12.1 Å². The highest BCUT2D eigenvalue weighted by Gasteiger charge is 2.22. The topological polar surface area (TPSA) is 61.9 Å². The highest BCUT2D eigenvalue weighted by molar-refractivity contribution is 5.93. The van der Waals surface area contributed by atoms with Crippen LogP contribution in [-0.2, 0) is 11.8 Å². The summed E-state index contributed by atoms with van der Waals surface area (Å²) in [6, 6.07) is 13.7. The van der Waals surface area contributed by atoms with Crippen molar-refractivity contribution in [3.05, 3.63) is 59.0 Å². The number of fused-ring (bicyclic) bond motifs is 2. The first-order chi connectivity index (χ1) is 13.2. The van der Waals surface area contributed by atoms with E-state index < -0.39 is 0 Å². The Morgan fingerprint density at radius 1 is 1.07 bits per heavy atom. The van der Waals surface area contributed by atoms with Gasteiger partial charge in [0.25, 0.3) is 5.56 Å². The van der Waals surface area contributed by atoms with E-state index in [1.54, 1.807) is 17.8 Å². The molecule has 0 amide bonds. The minimum absolute atomic E-state index is 0.0369. The summed E-state index contributed by atoms with van der Waals surface area (Å²) in [6.07, 6.45) is 4.92. The molecule has 1 aliphatic heterocycles. The molecule has 136 valence electrons. The van der Waals surface area contributed by atoms with E-state index in [-0.39, 0.29) is 11.8 Å². The van der Waals surface area contributed by atoms with Crippen molar-refractivity contribution in [2.75, 3.05) is 6.61 Å². The largest absolute Gasteiger partial charge is 0.356 e. The standard InChI is InChI=1S/C21H20N4O2/c1-24-12-11-16-14(21(24)26)9-10-17(22-16)20-15-6-2-3-7-18(15)25(23-20)19-8-4-5-13-27-19/h2-3,6-7,9-12,19H,4-5,8,13H2,1H3. The number of pyridine rings is 2. The van der Waals surface area contributed by atoms with Crippen LogP contribution >= 0.6 is 0 Å². The molecule has 1 atom stereocenters. The van der Waals surface area contributed by atoms with Gasteiger partial charge in [-0.2, -0.15) is 5.10 Å². The third kappa shape index (κ3) is 2.64. The van der Waals surface area contributed by atoms with Crippen LogP contribution in [-0.4, -0.2) is 25.9 Å². The summed E-state index contributed by atoms with van der Waals surface area (Å²) in [5, 5.41) is 6.53. The normalized spacial score (nSPS) is 17.6. The van der Waals surface area contributed by atoms with Crippen LogP contribution in [0, 0.1) is 0 Å². The van der Waals surface area contributed by atoms with Gasteiger partial charge in [-0.1, -0.05) is 18.2 Å². The fraction of sp³-hybridized carbons (Fsp3) is 0.286. The molecule has 0 bridgehead atoms. The van der Waals surface area contributed by atoms with E-state index in [1.807, 2.05) is 35.0 Å². The fourth-order valence-electron chi connectivity index (χ4n) is 3.77. The quantitative estimate of drug-likeness (QED) is 0.547. The number of ether oxygens (including phenoxy) is 1. The summed E-state index contributed by atoms with van der Waals surface area (Å²) >= 11 is 0. The SMILES string of the molecule is Cn1ccc2nc(-c3nn(C4CCCCO4)c4ccccc34)ccc2c1=O. The Labute approximate surface area is 156 Å². The number of hydrogen-bond acceptors (Lipinski definition) is 4. The first-order valence-corrected chi connectivity index (χ1v) is 9.28. The van der Waals surface area contributed by atoms with Crippen molar-refractivity contribution in [1.82, 2.24) is 19.3 Å². The average molecular weight is 360 g/mol. The lowest BCUT2D eigenvalue weighted by Crippen LogP contribution is -2.19. The minimum Gasteiger partial charge on any atom is -0.356 e. The first kappa shape index (κ1) is 16.2. The van der Waals surface area contributed by atoms with Crippen LogP contribution in [0.15, 0.2) is 53.5 Å². The van der Waals surface area contributed by atoms with Crippen molar-refractivity contribution in [1.29, 1.82) is 0 Å². The van der Waals surface area contributed by atoms with Crippen LogP contribution in [0.5, 0.6) is 0 Å². The number of para-hydroxylation sites is 1. The molecule has 1 saturated heterocycles. The molecule has 1 aliphatic rings. The van der Waals surface area contributed by atoms with Gasteiger partial charge in [0, 0.05) is 25.2 Å². The van der Waals surface area contributed by atoms with Gasteiger partial charge in [0.15, 0.2) is 6.23 Å². The summed E-state index contributed by atoms with van der Waals surface area (Å²) < 4.78 is 9.51. The van der Waals surface area contributed by atoms with Gasteiger partial charge in [0.1, 0.15) is 5.69 Å². The summed E-state index contributed by atoms with van der Waals surface area (Å²) in [6.45, 7) is 0.770. The van der Waals surface area contributed by atoms with E-state index in [9.17, 15) is 4.79 Å². The summed E-state index contributed by atoms with van der Waals surface area (Å²) in [7, 11) is 1.75. The van der Waals surface area contributed by atoms with Gasteiger partial charge in [-0.05, 0) is 43.5 Å². The Kier molecular flexibility index (Phi) is 3.79. The Bertz CT molecular complexity index is 1200. The van der Waals surface area contributed by atoms with Gasteiger partial charge in [-0.25, -0.2) is 9.67 Å². The Morgan fingerprint density at radius 2 is 1.96 bits per heavy atom. The van der Waals surface area contributed by atoms with Crippen LogP contribution in [0.4, 0.5) is 0 Å². The van der Waals surface area contributed by atoms with Crippen LogP contribution in [0.3, 0.4) is 0 Å². The molecule has 5 rings (SSSR count). The van der Waals surface area contributed by atoms with Crippen molar-refractivity contribution in [2.45, 2.75) is 25.5 Å². The molecule has 0 aliphatic carbocycles. The second-order valence-electron chi connectivity index (χ2n) is 6.99. The number of benzene rings is 1. The molecule has 0 radical (unpaired) electrons. The Morgan fingerprint density at radius 3 is 2.81 bits per heavy atom. The third-order valence-electron chi connectivity index (χ3n) is 5.22. The summed E-state index contributed by atoms with van der Waals surface area (Å²) in [5.41, 5.74) is 3.27. The lowest BCUT2D eigenvalue weighted by molar-refractivity contribution is -0.0365. The maximum Gasteiger partial charge on any atom is 0.259 e. The second-order valence-corrected chi connectivity index (χ2v) is 6.99. The molecule has 1 unspecified atom stereocenters. The Hall–Kier alpha value is -2.99. The van der Waals surface area contributed by atoms with Crippen LogP contribution in [0.1, 0.15) is 25.5 Å². The fourth-order valence-corrected chi connectivity index (χ4v) is 3.77. The molecule has 1 aromatic carbocycles. The van der Waals surface area contributed by atoms with E-state index in [0.717, 1.165) is 48.2 Å². The zero-order valence-electron chi connectivity index (χ0n) is 15.1. The second kappa shape index (κ2) is 6.32. The maximum atomic E-state index is 12.3. The molecule has 4 aromatic rings. The zero-order chi connectivity index (χ0) is 18.4. The highest BCUT2D eigenvalue weighted by Crippen LogP contribution is 2.32. The van der Waals surface area contributed by atoms with Crippen molar-refractivity contribution in [3.63, 3.8) is 0 Å². The molecule has 0 saturated carbocycles. The van der Waals surface area contributed by atoms with Crippen LogP contribution in [0.2, 0.25) is 0 Å². The molecular weight excluding hydrogens is 340 g/mol. The average Bonchev–Trinajstić information content (AvgIpc) is 3.11. The lowest BCUT2D eigenvalue weighted by atomic mass is 10.1. The zero-order valence-corrected chi connectivity index (χ0v) is 15.1. The molecule has 4 heterocycles. The van der Waals surface area contributed by atoms with Gasteiger partial charge in [-0.15, -0.1) is 0 Å². The molecule has 6 heteroatoms. The number of aryl methyl sites for hydroxylation is 1. The number of nitrogens with zero attached hydrogens (tertiary/aromatic N) is 4.